The van der Waals surface area contributed by atoms with Crippen molar-refractivity contribution in [2.75, 3.05) is 13.1 Å². The molecular weight excluding hydrogens is 349 g/mol. The SMILES string of the molecule is Cc1cc(-c2cc3cn([C@@H]4CCNC[C@H]4F)nc3s2)cc2cn(C)nc12. The maximum Gasteiger partial charge on any atom is 0.146 e. The van der Waals surface area contributed by atoms with Crippen LogP contribution < -0.4 is 5.32 Å². The second-order valence-corrected chi connectivity index (χ2v) is 8.12. The summed E-state index contributed by atoms with van der Waals surface area (Å²) in [5.41, 5.74) is 3.40. The second-order valence-electron chi connectivity index (χ2n) is 7.09. The highest BCUT2D eigenvalue weighted by Crippen LogP contribution is 2.36. The molecule has 0 spiro atoms. The lowest BCUT2D eigenvalue weighted by atomic mass is 10.1. The zero-order valence-corrected chi connectivity index (χ0v) is 15.6. The summed E-state index contributed by atoms with van der Waals surface area (Å²) in [7, 11) is 1.94. The summed E-state index contributed by atoms with van der Waals surface area (Å²) in [5.74, 6) is 0. The van der Waals surface area contributed by atoms with Crippen molar-refractivity contribution >= 4 is 32.5 Å². The van der Waals surface area contributed by atoms with Gasteiger partial charge in [0.1, 0.15) is 11.0 Å². The van der Waals surface area contributed by atoms with Crippen LogP contribution in [0.2, 0.25) is 0 Å². The molecule has 1 aromatic carbocycles. The van der Waals surface area contributed by atoms with Gasteiger partial charge in [-0.1, -0.05) is 0 Å². The highest BCUT2D eigenvalue weighted by molar-refractivity contribution is 7.21. The summed E-state index contributed by atoms with van der Waals surface area (Å²) >= 11 is 1.66. The Morgan fingerprint density at radius 2 is 2.08 bits per heavy atom. The van der Waals surface area contributed by atoms with Gasteiger partial charge in [-0.25, -0.2) is 4.39 Å². The Kier molecular flexibility index (Phi) is 3.62. The van der Waals surface area contributed by atoms with Gasteiger partial charge in [-0.3, -0.25) is 9.36 Å². The highest BCUT2D eigenvalue weighted by Gasteiger charge is 2.27. The molecule has 1 N–H and O–H groups in total. The number of halogens is 1. The number of alkyl halides is 1. The monoisotopic (exact) mass is 369 g/mol. The van der Waals surface area contributed by atoms with Crippen LogP contribution in [0.5, 0.6) is 0 Å². The molecule has 26 heavy (non-hydrogen) atoms. The maximum absolute atomic E-state index is 14.2. The van der Waals surface area contributed by atoms with Crippen molar-refractivity contribution in [1.82, 2.24) is 24.9 Å². The van der Waals surface area contributed by atoms with E-state index in [2.05, 4.69) is 40.6 Å². The van der Waals surface area contributed by atoms with E-state index in [4.69, 9.17) is 0 Å². The number of aryl methyl sites for hydroxylation is 2. The number of fused-ring (bicyclic) bond motifs is 2. The number of nitrogens with one attached hydrogen (secondary N) is 1. The smallest absolute Gasteiger partial charge is 0.146 e. The predicted molar refractivity (Wildman–Crippen MR) is 103 cm³/mol. The number of thiophene rings is 1. The first-order valence-corrected chi connectivity index (χ1v) is 9.68. The number of hydrogen-bond acceptors (Lipinski definition) is 4. The molecule has 5 nitrogen and oxygen atoms in total. The van der Waals surface area contributed by atoms with E-state index in [1.165, 1.54) is 16.0 Å². The summed E-state index contributed by atoms with van der Waals surface area (Å²) in [6.07, 6.45) is 3.93. The Bertz CT molecular complexity index is 1080. The first kappa shape index (κ1) is 16.0. The molecule has 0 saturated carbocycles. The van der Waals surface area contributed by atoms with Gasteiger partial charge in [-0.15, -0.1) is 11.3 Å². The fourth-order valence-electron chi connectivity index (χ4n) is 3.83. The molecular formula is C19H20FN5S. The molecule has 0 amide bonds. The van der Waals surface area contributed by atoms with Gasteiger partial charge in [-0.2, -0.15) is 10.2 Å². The number of aromatic nitrogens is 4. The molecule has 134 valence electrons. The number of piperidine rings is 1. The van der Waals surface area contributed by atoms with E-state index in [1.54, 1.807) is 11.3 Å². The third-order valence-corrected chi connectivity index (χ3v) is 6.21. The van der Waals surface area contributed by atoms with Crippen LogP contribution >= 0.6 is 11.3 Å². The number of benzene rings is 1. The van der Waals surface area contributed by atoms with Crippen molar-refractivity contribution in [2.24, 2.45) is 7.05 Å². The molecule has 1 aliphatic heterocycles. The fourth-order valence-corrected chi connectivity index (χ4v) is 4.83. The van der Waals surface area contributed by atoms with Crippen molar-refractivity contribution in [3.05, 3.63) is 36.2 Å². The van der Waals surface area contributed by atoms with Crippen LogP contribution in [0.1, 0.15) is 18.0 Å². The largest absolute Gasteiger partial charge is 0.314 e. The molecule has 0 aliphatic carbocycles. The molecule has 1 saturated heterocycles. The van der Waals surface area contributed by atoms with Crippen molar-refractivity contribution in [3.63, 3.8) is 0 Å². The molecule has 1 fully saturated rings. The minimum Gasteiger partial charge on any atom is -0.314 e. The van der Waals surface area contributed by atoms with Crippen molar-refractivity contribution < 1.29 is 4.39 Å². The van der Waals surface area contributed by atoms with Crippen LogP contribution in [0.4, 0.5) is 4.39 Å². The minimum absolute atomic E-state index is 0.159. The van der Waals surface area contributed by atoms with Crippen LogP contribution in [0.3, 0.4) is 0 Å². The van der Waals surface area contributed by atoms with Gasteiger partial charge >= 0.3 is 0 Å². The first-order valence-electron chi connectivity index (χ1n) is 8.86. The molecule has 1 aliphatic rings. The zero-order valence-electron chi connectivity index (χ0n) is 14.7. The molecule has 5 rings (SSSR count). The predicted octanol–water partition coefficient (Wildman–Crippen LogP) is 3.83. The Hall–Kier alpha value is -2.25. The van der Waals surface area contributed by atoms with Crippen LogP contribution in [-0.2, 0) is 7.05 Å². The zero-order chi connectivity index (χ0) is 17.8. The Balaban J connectivity index is 1.53. The highest BCUT2D eigenvalue weighted by atomic mass is 32.1. The van der Waals surface area contributed by atoms with E-state index in [-0.39, 0.29) is 6.04 Å². The summed E-state index contributed by atoms with van der Waals surface area (Å²) in [4.78, 5) is 2.15. The van der Waals surface area contributed by atoms with Crippen LogP contribution in [-0.4, -0.2) is 38.8 Å². The standard InChI is InChI=1S/C19H20FN5S/c1-11-5-12(6-13-9-24(2)22-18(11)13)17-7-14-10-25(23-19(14)26-17)16-3-4-21-8-15(16)20/h5-7,9-10,15-16,21H,3-4,8H2,1-2H3/t15-,16-/m1/s1. The average molecular weight is 369 g/mol. The lowest BCUT2D eigenvalue weighted by molar-refractivity contribution is 0.174. The topological polar surface area (TPSA) is 47.7 Å². The summed E-state index contributed by atoms with van der Waals surface area (Å²) in [6.45, 7) is 3.35. The van der Waals surface area contributed by atoms with Gasteiger partial charge in [0, 0.05) is 41.6 Å². The van der Waals surface area contributed by atoms with Gasteiger partial charge < -0.3 is 5.32 Å². The Morgan fingerprint density at radius 1 is 1.19 bits per heavy atom. The van der Waals surface area contributed by atoms with E-state index in [1.807, 2.05) is 28.8 Å². The van der Waals surface area contributed by atoms with Crippen LogP contribution in [0.25, 0.3) is 31.6 Å². The first-order chi connectivity index (χ1) is 12.6. The number of nitrogens with zero attached hydrogens (tertiary/aromatic N) is 4. The second kappa shape index (κ2) is 5.89. The molecule has 4 aromatic rings. The van der Waals surface area contributed by atoms with Crippen LogP contribution in [0.15, 0.2) is 30.6 Å². The number of hydrogen-bond donors (Lipinski definition) is 1. The Morgan fingerprint density at radius 3 is 2.88 bits per heavy atom. The molecule has 4 heterocycles. The number of rotatable bonds is 2. The summed E-state index contributed by atoms with van der Waals surface area (Å²) in [5, 5.41) is 14.5. The van der Waals surface area contributed by atoms with Gasteiger partial charge in [0.25, 0.3) is 0 Å². The van der Waals surface area contributed by atoms with E-state index in [0.29, 0.717) is 6.54 Å². The molecule has 2 atom stereocenters. The molecule has 3 aromatic heterocycles. The quantitative estimate of drug-likeness (QED) is 0.584. The van der Waals surface area contributed by atoms with Gasteiger partial charge in [0.2, 0.25) is 0 Å². The third kappa shape index (κ3) is 2.54. The van der Waals surface area contributed by atoms with E-state index >= 15 is 0 Å². The van der Waals surface area contributed by atoms with Crippen molar-refractivity contribution in [3.8, 4) is 10.4 Å². The van der Waals surface area contributed by atoms with Crippen LogP contribution in [0, 0.1) is 6.92 Å². The van der Waals surface area contributed by atoms with Crippen molar-refractivity contribution in [1.29, 1.82) is 0 Å². The molecule has 7 heteroatoms. The molecule has 0 unspecified atom stereocenters. The lowest BCUT2D eigenvalue weighted by Gasteiger charge is -2.26. The van der Waals surface area contributed by atoms with Gasteiger partial charge in [-0.05, 0) is 49.2 Å². The molecule has 0 bridgehead atoms. The molecule has 0 radical (unpaired) electrons. The van der Waals surface area contributed by atoms with Gasteiger partial charge in [0.15, 0.2) is 0 Å². The minimum atomic E-state index is -0.882. The van der Waals surface area contributed by atoms with E-state index < -0.39 is 6.17 Å². The van der Waals surface area contributed by atoms with Crippen molar-refractivity contribution in [2.45, 2.75) is 25.6 Å². The summed E-state index contributed by atoms with van der Waals surface area (Å²) in [6, 6.07) is 6.36. The maximum atomic E-state index is 14.2. The average Bonchev–Trinajstić information content (AvgIpc) is 3.27. The third-order valence-electron chi connectivity index (χ3n) is 5.13. The summed E-state index contributed by atoms with van der Waals surface area (Å²) < 4.78 is 17.9. The van der Waals surface area contributed by atoms with Gasteiger partial charge in [0.05, 0.1) is 11.6 Å². The normalized spacial score (nSPS) is 21.0. The lowest BCUT2D eigenvalue weighted by Crippen LogP contribution is -2.39. The Labute approximate surface area is 154 Å². The fraction of sp³-hybridized carbons (Fsp3) is 0.368. The van der Waals surface area contributed by atoms with E-state index in [9.17, 15) is 4.39 Å². The van der Waals surface area contributed by atoms with E-state index in [0.717, 1.165) is 34.1 Å².